The van der Waals surface area contributed by atoms with Crippen LogP contribution in [0.4, 0.5) is 0 Å². The Balaban J connectivity index is 2.07. The third-order valence-electron chi connectivity index (χ3n) is 2.89. The minimum Gasteiger partial charge on any atom is -0.223 e. The van der Waals surface area contributed by atoms with Crippen molar-refractivity contribution in [3.8, 4) is 11.3 Å². The molecule has 5 heteroatoms. The van der Waals surface area contributed by atoms with Crippen LogP contribution in [-0.4, -0.2) is 9.78 Å². The van der Waals surface area contributed by atoms with Gasteiger partial charge in [0, 0.05) is 11.8 Å². The highest BCUT2D eigenvalue weighted by atomic mass is 35.6. The molecule has 2 aromatic carbocycles. The molecule has 0 radical (unpaired) electrons. The van der Waals surface area contributed by atoms with Gasteiger partial charge < -0.3 is 0 Å². The van der Waals surface area contributed by atoms with Crippen molar-refractivity contribution < 1.29 is 0 Å². The molecule has 96 valence electrons. The normalized spacial score (nSPS) is 11.9. The largest absolute Gasteiger partial charge is 0.286 e. The first kappa shape index (κ1) is 12.8. The molecule has 1 heterocycles. The Kier molecular flexibility index (Phi) is 3.17. The van der Waals surface area contributed by atoms with E-state index in [9.17, 15) is 0 Å². The summed E-state index contributed by atoms with van der Waals surface area (Å²) in [5.74, 6) is 0. The second-order valence-electron chi connectivity index (χ2n) is 4.18. The molecule has 0 amide bonds. The lowest BCUT2D eigenvalue weighted by atomic mass is 10.1. The number of fused-ring (bicyclic) bond motifs is 1. The van der Waals surface area contributed by atoms with E-state index >= 15 is 0 Å². The van der Waals surface area contributed by atoms with Crippen LogP contribution in [0.5, 0.6) is 0 Å². The number of hydrogen-bond acceptors (Lipinski definition) is 1. The Hall–Kier alpha value is -1.22. The Morgan fingerprint density at radius 2 is 1.63 bits per heavy atom. The lowest BCUT2D eigenvalue weighted by molar-refractivity contribution is 0.676. The molecule has 0 saturated carbocycles. The van der Waals surface area contributed by atoms with E-state index in [0.29, 0.717) is 0 Å². The Labute approximate surface area is 125 Å². The first-order valence-electron chi connectivity index (χ1n) is 5.66. The molecule has 0 aliphatic carbocycles. The zero-order valence-electron chi connectivity index (χ0n) is 9.72. The van der Waals surface area contributed by atoms with Crippen molar-refractivity contribution in [1.82, 2.24) is 9.78 Å². The van der Waals surface area contributed by atoms with E-state index in [4.69, 9.17) is 34.8 Å². The van der Waals surface area contributed by atoms with E-state index in [1.165, 1.54) is 10.1 Å². The quantitative estimate of drug-likeness (QED) is 0.579. The number of alkyl halides is 3. The Morgan fingerprint density at radius 3 is 2.32 bits per heavy atom. The summed E-state index contributed by atoms with van der Waals surface area (Å²) in [6.07, 6.45) is 1.65. The third-order valence-corrected chi connectivity index (χ3v) is 3.41. The van der Waals surface area contributed by atoms with Gasteiger partial charge in [-0.3, -0.25) is 0 Å². The van der Waals surface area contributed by atoms with Gasteiger partial charge >= 0.3 is 0 Å². The van der Waals surface area contributed by atoms with Gasteiger partial charge in [-0.2, -0.15) is 5.10 Å². The van der Waals surface area contributed by atoms with Crippen LogP contribution in [0, 0.1) is 0 Å². The maximum Gasteiger partial charge on any atom is 0.286 e. The van der Waals surface area contributed by atoms with Crippen LogP contribution in [0.25, 0.3) is 22.0 Å². The average Bonchev–Trinajstić information content (AvgIpc) is 2.87. The topological polar surface area (TPSA) is 17.8 Å². The minimum atomic E-state index is -1.56. The smallest absolute Gasteiger partial charge is 0.223 e. The van der Waals surface area contributed by atoms with Gasteiger partial charge in [-0.25, -0.2) is 4.68 Å². The van der Waals surface area contributed by atoms with Crippen molar-refractivity contribution in [3.05, 3.63) is 54.7 Å². The van der Waals surface area contributed by atoms with E-state index in [1.807, 2.05) is 24.3 Å². The van der Waals surface area contributed by atoms with Gasteiger partial charge in [0.25, 0.3) is 3.92 Å². The summed E-state index contributed by atoms with van der Waals surface area (Å²) >= 11 is 17.4. The van der Waals surface area contributed by atoms with Gasteiger partial charge in [-0.1, -0.05) is 71.2 Å². The van der Waals surface area contributed by atoms with E-state index in [-0.39, 0.29) is 0 Å². The number of halogens is 3. The van der Waals surface area contributed by atoms with Crippen LogP contribution in [0.2, 0.25) is 0 Å². The highest BCUT2D eigenvalue weighted by molar-refractivity contribution is 6.64. The molecule has 0 bridgehead atoms. The maximum atomic E-state index is 5.79. The fourth-order valence-corrected chi connectivity index (χ4v) is 2.25. The monoisotopic (exact) mass is 310 g/mol. The van der Waals surface area contributed by atoms with Gasteiger partial charge in [0.1, 0.15) is 0 Å². The molecule has 0 atom stereocenters. The molecular weight excluding hydrogens is 303 g/mol. The summed E-state index contributed by atoms with van der Waals surface area (Å²) in [4.78, 5) is 0. The van der Waals surface area contributed by atoms with Crippen LogP contribution in [0.15, 0.2) is 54.7 Å². The summed E-state index contributed by atoms with van der Waals surface area (Å²) in [6.45, 7) is 0. The fourth-order valence-electron chi connectivity index (χ4n) is 1.97. The van der Waals surface area contributed by atoms with Crippen LogP contribution in [-0.2, 0) is 3.92 Å². The van der Waals surface area contributed by atoms with Crippen molar-refractivity contribution in [2.24, 2.45) is 0 Å². The summed E-state index contributed by atoms with van der Waals surface area (Å²) < 4.78 is -0.253. The van der Waals surface area contributed by atoms with Crippen LogP contribution in [0.3, 0.4) is 0 Å². The molecule has 0 saturated heterocycles. The number of rotatable bonds is 1. The average molecular weight is 312 g/mol. The fraction of sp³-hybridized carbons (Fsp3) is 0.0714. The molecule has 3 rings (SSSR count). The van der Waals surface area contributed by atoms with Gasteiger partial charge in [0.05, 0.1) is 5.69 Å². The predicted molar refractivity (Wildman–Crippen MR) is 80.7 cm³/mol. The van der Waals surface area contributed by atoms with Crippen LogP contribution < -0.4 is 0 Å². The molecule has 0 N–H and O–H groups in total. The van der Waals surface area contributed by atoms with Gasteiger partial charge in [0.15, 0.2) is 0 Å². The van der Waals surface area contributed by atoms with Crippen LogP contribution in [0.1, 0.15) is 0 Å². The van der Waals surface area contributed by atoms with Crippen molar-refractivity contribution in [2.75, 3.05) is 0 Å². The summed E-state index contributed by atoms with van der Waals surface area (Å²) in [7, 11) is 0. The first-order chi connectivity index (χ1) is 9.04. The molecule has 1 aromatic heterocycles. The molecule has 0 fully saturated rings. The Morgan fingerprint density at radius 1 is 0.895 bits per heavy atom. The molecule has 0 unspecified atom stereocenters. The molecule has 19 heavy (non-hydrogen) atoms. The maximum absolute atomic E-state index is 5.79. The standard InChI is InChI=1S/C14H9Cl3N2/c15-14(16,17)19-8-7-13(18-19)12-6-5-10-3-1-2-4-11(10)9-12/h1-9H. The highest BCUT2D eigenvalue weighted by Crippen LogP contribution is 2.32. The van der Waals surface area contributed by atoms with Gasteiger partial charge in [-0.05, 0) is 22.9 Å². The molecule has 2 nitrogen and oxygen atoms in total. The second kappa shape index (κ2) is 4.71. The predicted octanol–water partition coefficient (Wildman–Crippen LogP) is 4.99. The number of aromatic nitrogens is 2. The summed E-state index contributed by atoms with van der Waals surface area (Å²) in [5.41, 5.74) is 1.77. The minimum absolute atomic E-state index is 0.775. The third kappa shape index (κ3) is 2.57. The lowest BCUT2D eigenvalue weighted by Crippen LogP contribution is -2.12. The van der Waals surface area contributed by atoms with Crippen molar-refractivity contribution in [3.63, 3.8) is 0 Å². The van der Waals surface area contributed by atoms with Crippen molar-refractivity contribution >= 4 is 45.6 Å². The van der Waals surface area contributed by atoms with E-state index in [2.05, 4.69) is 29.4 Å². The second-order valence-corrected chi connectivity index (χ2v) is 6.40. The number of hydrogen-bond donors (Lipinski definition) is 0. The molecule has 0 aliphatic heterocycles. The number of nitrogens with zero attached hydrogens (tertiary/aromatic N) is 2. The molecule has 0 aliphatic rings. The molecular formula is C14H9Cl3N2. The first-order valence-corrected chi connectivity index (χ1v) is 6.79. The highest BCUT2D eigenvalue weighted by Gasteiger charge is 2.23. The Bertz CT molecular complexity index is 729. The lowest BCUT2D eigenvalue weighted by Gasteiger charge is -2.10. The van der Waals surface area contributed by atoms with E-state index < -0.39 is 3.92 Å². The van der Waals surface area contributed by atoms with E-state index in [0.717, 1.165) is 16.6 Å². The molecule has 0 spiro atoms. The zero-order chi connectivity index (χ0) is 13.5. The SMILES string of the molecule is ClC(Cl)(Cl)n1ccc(-c2ccc3ccccc3c2)n1. The zero-order valence-corrected chi connectivity index (χ0v) is 12.0. The van der Waals surface area contributed by atoms with Crippen molar-refractivity contribution in [1.29, 1.82) is 0 Å². The summed E-state index contributed by atoms with van der Waals surface area (Å²) in [6, 6.07) is 16.1. The summed E-state index contributed by atoms with van der Waals surface area (Å²) in [5, 5.41) is 6.62. The van der Waals surface area contributed by atoms with Crippen LogP contribution >= 0.6 is 34.8 Å². The van der Waals surface area contributed by atoms with Gasteiger partial charge in [-0.15, -0.1) is 0 Å². The number of benzene rings is 2. The van der Waals surface area contributed by atoms with Gasteiger partial charge in [0.2, 0.25) is 0 Å². The van der Waals surface area contributed by atoms with Crippen molar-refractivity contribution in [2.45, 2.75) is 3.92 Å². The molecule has 3 aromatic rings. The van der Waals surface area contributed by atoms with E-state index in [1.54, 1.807) is 6.20 Å².